The van der Waals surface area contributed by atoms with E-state index in [1.165, 1.54) is 41.6 Å². The van der Waals surface area contributed by atoms with Crippen LogP contribution in [0.15, 0.2) is 33.5 Å². The summed E-state index contributed by atoms with van der Waals surface area (Å²) in [6, 6.07) is 6.36. The van der Waals surface area contributed by atoms with Gasteiger partial charge in [0.2, 0.25) is 17.2 Å². The molecule has 0 saturated carbocycles. The van der Waals surface area contributed by atoms with Gasteiger partial charge in [-0.2, -0.15) is 0 Å². The lowest BCUT2D eigenvalue weighted by Gasteiger charge is -2.16. The van der Waals surface area contributed by atoms with Crippen LogP contribution in [-0.4, -0.2) is 40.7 Å². The largest absolute Gasteiger partial charge is 0.502 e. The lowest BCUT2D eigenvalue weighted by atomic mass is 10.1. The lowest BCUT2D eigenvalue weighted by molar-refractivity contribution is 0.312. The molecule has 1 heterocycles. The maximum atomic E-state index is 12.8. The van der Waals surface area contributed by atoms with Gasteiger partial charge in [0, 0.05) is 11.6 Å². The summed E-state index contributed by atoms with van der Waals surface area (Å²) in [6.45, 7) is 0. The van der Waals surface area contributed by atoms with Crippen LogP contribution in [0.3, 0.4) is 0 Å². The van der Waals surface area contributed by atoms with Crippen LogP contribution in [-0.2, 0) is 0 Å². The van der Waals surface area contributed by atoms with E-state index >= 15 is 0 Å². The molecule has 2 aromatic carbocycles. The highest BCUT2D eigenvalue weighted by molar-refractivity contribution is 5.95. The number of fused-ring (bicyclic) bond motifs is 1. The minimum absolute atomic E-state index is 0.000499. The van der Waals surface area contributed by atoms with Gasteiger partial charge in [-0.25, -0.2) is 0 Å². The first kappa shape index (κ1) is 19.2. The fraction of sp³-hybridized carbons (Fsp3) is 0.250. The molecule has 3 rings (SSSR count). The van der Waals surface area contributed by atoms with Crippen molar-refractivity contribution in [2.24, 2.45) is 0 Å². The Hall–Kier alpha value is -3.55. The van der Waals surface area contributed by atoms with Crippen LogP contribution in [0.5, 0.6) is 34.5 Å². The van der Waals surface area contributed by atoms with Crippen molar-refractivity contribution in [3.8, 4) is 45.8 Å². The first-order chi connectivity index (χ1) is 13.5. The molecule has 28 heavy (non-hydrogen) atoms. The Morgan fingerprint density at radius 1 is 0.786 bits per heavy atom. The highest BCUT2D eigenvalue weighted by atomic mass is 16.5. The molecular formula is C20H20O8. The molecule has 1 N–H and O–H groups in total. The van der Waals surface area contributed by atoms with Crippen molar-refractivity contribution in [1.29, 1.82) is 0 Å². The van der Waals surface area contributed by atoms with Crippen molar-refractivity contribution in [2.75, 3.05) is 35.5 Å². The SMILES string of the molecule is COc1ccc(-c2cc(=O)c3c(OC)c(OC)c(OC)c(O)c3o2)cc1OC. The summed E-state index contributed by atoms with van der Waals surface area (Å²) in [5, 5.41) is 10.7. The second-order valence-corrected chi connectivity index (χ2v) is 5.70. The molecule has 0 saturated heterocycles. The van der Waals surface area contributed by atoms with Crippen molar-refractivity contribution in [3.63, 3.8) is 0 Å². The van der Waals surface area contributed by atoms with E-state index < -0.39 is 5.43 Å². The second-order valence-electron chi connectivity index (χ2n) is 5.70. The van der Waals surface area contributed by atoms with Crippen LogP contribution in [0, 0.1) is 0 Å². The molecule has 0 bridgehead atoms. The first-order valence-corrected chi connectivity index (χ1v) is 8.21. The summed E-state index contributed by atoms with van der Waals surface area (Å²) in [7, 11) is 7.16. The molecule has 0 amide bonds. The molecule has 0 radical (unpaired) electrons. The predicted molar refractivity (Wildman–Crippen MR) is 102 cm³/mol. The van der Waals surface area contributed by atoms with Gasteiger partial charge in [-0.3, -0.25) is 4.79 Å². The second kappa shape index (κ2) is 7.59. The minimum Gasteiger partial charge on any atom is -0.502 e. The van der Waals surface area contributed by atoms with Gasteiger partial charge < -0.3 is 33.2 Å². The molecule has 0 unspecified atom stereocenters. The van der Waals surface area contributed by atoms with E-state index in [-0.39, 0.29) is 39.7 Å². The van der Waals surface area contributed by atoms with Crippen molar-refractivity contribution in [2.45, 2.75) is 0 Å². The van der Waals surface area contributed by atoms with Crippen molar-refractivity contribution >= 4 is 11.0 Å². The molecule has 0 aliphatic rings. The van der Waals surface area contributed by atoms with Crippen molar-refractivity contribution < 1.29 is 33.2 Å². The summed E-state index contributed by atoms with van der Waals surface area (Å²) < 4.78 is 32.2. The molecular weight excluding hydrogens is 368 g/mol. The molecule has 0 spiro atoms. The molecule has 0 fully saturated rings. The number of phenols is 1. The average molecular weight is 388 g/mol. The number of rotatable bonds is 6. The Labute approximate surface area is 160 Å². The Bertz CT molecular complexity index is 1080. The Morgan fingerprint density at radius 2 is 1.43 bits per heavy atom. The molecule has 148 valence electrons. The topological polar surface area (TPSA) is 96.6 Å². The van der Waals surface area contributed by atoms with Gasteiger partial charge in [-0.1, -0.05) is 0 Å². The smallest absolute Gasteiger partial charge is 0.211 e. The normalized spacial score (nSPS) is 10.6. The summed E-state index contributed by atoms with van der Waals surface area (Å²) in [4.78, 5) is 12.8. The van der Waals surface area contributed by atoms with Crippen LogP contribution in [0.4, 0.5) is 0 Å². The lowest BCUT2D eigenvalue weighted by Crippen LogP contribution is -2.05. The number of hydrogen-bond acceptors (Lipinski definition) is 8. The van der Waals surface area contributed by atoms with Gasteiger partial charge in [-0.05, 0) is 18.2 Å². The van der Waals surface area contributed by atoms with E-state index in [2.05, 4.69) is 0 Å². The maximum absolute atomic E-state index is 12.8. The minimum atomic E-state index is -0.417. The standard InChI is InChI=1S/C20H20O8/c1-23-12-7-6-10(8-14(12)24-2)13-9-11(21)15-17(28-13)16(22)19(26-4)20(27-5)18(15)25-3/h6-9,22H,1-5H3. The van der Waals surface area contributed by atoms with Crippen LogP contribution in [0.1, 0.15) is 0 Å². The van der Waals surface area contributed by atoms with Crippen LogP contribution in [0.25, 0.3) is 22.3 Å². The Kier molecular flexibility index (Phi) is 5.21. The summed E-state index contributed by atoms with van der Waals surface area (Å²) in [5.74, 6) is 1.07. The zero-order valence-corrected chi connectivity index (χ0v) is 16.1. The third-order valence-electron chi connectivity index (χ3n) is 4.30. The fourth-order valence-electron chi connectivity index (χ4n) is 3.00. The first-order valence-electron chi connectivity index (χ1n) is 8.21. The average Bonchev–Trinajstić information content (AvgIpc) is 2.72. The zero-order valence-electron chi connectivity index (χ0n) is 16.1. The quantitative estimate of drug-likeness (QED) is 0.688. The molecule has 0 atom stereocenters. The summed E-state index contributed by atoms with van der Waals surface area (Å²) in [6.07, 6.45) is 0. The number of phenolic OH excluding ortho intramolecular Hbond substituents is 1. The number of hydrogen-bond donors (Lipinski definition) is 1. The summed E-state index contributed by atoms with van der Waals surface area (Å²) in [5.41, 5.74) is 0.0655. The van der Waals surface area contributed by atoms with E-state index in [0.717, 1.165) is 0 Å². The van der Waals surface area contributed by atoms with Gasteiger partial charge in [0.05, 0.1) is 35.5 Å². The Morgan fingerprint density at radius 3 is 2.00 bits per heavy atom. The van der Waals surface area contributed by atoms with E-state index in [1.807, 2.05) is 0 Å². The van der Waals surface area contributed by atoms with Crippen LogP contribution >= 0.6 is 0 Å². The molecule has 0 aliphatic heterocycles. The molecule has 8 nitrogen and oxygen atoms in total. The molecule has 1 aromatic heterocycles. The molecule has 0 aliphatic carbocycles. The monoisotopic (exact) mass is 388 g/mol. The van der Waals surface area contributed by atoms with Gasteiger partial charge >= 0.3 is 0 Å². The van der Waals surface area contributed by atoms with E-state index in [0.29, 0.717) is 17.1 Å². The fourth-order valence-corrected chi connectivity index (χ4v) is 3.00. The third kappa shape index (κ3) is 2.92. The van der Waals surface area contributed by atoms with Crippen molar-refractivity contribution in [1.82, 2.24) is 0 Å². The van der Waals surface area contributed by atoms with Crippen molar-refractivity contribution in [3.05, 3.63) is 34.5 Å². The Balaban J connectivity index is 2.35. The van der Waals surface area contributed by atoms with E-state index in [1.54, 1.807) is 18.2 Å². The number of aromatic hydroxyl groups is 1. The molecule has 3 aromatic rings. The molecule has 8 heteroatoms. The highest BCUT2D eigenvalue weighted by Crippen LogP contribution is 2.50. The van der Waals surface area contributed by atoms with E-state index in [4.69, 9.17) is 28.1 Å². The van der Waals surface area contributed by atoms with Gasteiger partial charge in [0.1, 0.15) is 11.1 Å². The van der Waals surface area contributed by atoms with Gasteiger partial charge in [-0.15, -0.1) is 0 Å². The van der Waals surface area contributed by atoms with Crippen LogP contribution < -0.4 is 29.1 Å². The highest BCUT2D eigenvalue weighted by Gasteiger charge is 2.26. The van der Waals surface area contributed by atoms with Gasteiger partial charge in [0.25, 0.3) is 0 Å². The number of ether oxygens (including phenoxy) is 5. The predicted octanol–water partition coefficient (Wildman–Crippen LogP) is 3.21. The van der Waals surface area contributed by atoms with Crippen LogP contribution in [0.2, 0.25) is 0 Å². The zero-order chi connectivity index (χ0) is 20.4. The summed E-state index contributed by atoms with van der Waals surface area (Å²) >= 11 is 0. The number of benzene rings is 2. The number of methoxy groups -OCH3 is 5. The third-order valence-corrected chi connectivity index (χ3v) is 4.30. The maximum Gasteiger partial charge on any atom is 0.211 e. The van der Waals surface area contributed by atoms with E-state index in [9.17, 15) is 9.90 Å². The van der Waals surface area contributed by atoms with Gasteiger partial charge in [0.15, 0.2) is 28.3 Å².